The van der Waals surface area contributed by atoms with E-state index in [0.29, 0.717) is 0 Å². The van der Waals surface area contributed by atoms with Crippen LogP contribution in [0.5, 0.6) is 0 Å². The van der Waals surface area contributed by atoms with Gasteiger partial charge in [-0.1, -0.05) is 0 Å². The van der Waals surface area contributed by atoms with Gasteiger partial charge in [0, 0.05) is 13.1 Å². The van der Waals surface area contributed by atoms with E-state index >= 15 is 0 Å². The zero-order valence-corrected chi connectivity index (χ0v) is 6.75. The molecule has 0 amide bonds. The van der Waals surface area contributed by atoms with Crippen LogP contribution in [0.3, 0.4) is 0 Å². The SMILES string of the molecule is [CH2]C(=O)c1ccnc(CC#N)c1F. The van der Waals surface area contributed by atoms with Gasteiger partial charge in [0.2, 0.25) is 0 Å². The van der Waals surface area contributed by atoms with E-state index < -0.39 is 11.6 Å². The second-order valence-corrected chi connectivity index (χ2v) is 2.38. The number of ketones is 1. The third-order valence-electron chi connectivity index (χ3n) is 1.51. The average Bonchev–Trinajstić information content (AvgIpc) is 2.08. The molecule has 0 atom stereocenters. The lowest BCUT2D eigenvalue weighted by Gasteiger charge is -2.00. The number of hydrogen-bond acceptors (Lipinski definition) is 3. The predicted molar refractivity (Wildman–Crippen MR) is 43.2 cm³/mol. The first-order valence-corrected chi connectivity index (χ1v) is 3.53. The van der Waals surface area contributed by atoms with E-state index in [2.05, 4.69) is 11.9 Å². The van der Waals surface area contributed by atoms with Gasteiger partial charge in [-0.15, -0.1) is 0 Å². The van der Waals surface area contributed by atoms with Crippen LogP contribution < -0.4 is 0 Å². The minimum Gasteiger partial charge on any atom is -0.294 e. The molecule has 13 heavy (non-hydrogen) atoms. The third kappa shape index (κ3) is 1.88. The fraction of sp³-hybridized carbons (Fsp3) is 0.111. The fourth-order valence-corrected chi connectivity index (χ4v) is 0.901. The van der Waals surface area contributed by atoms with Crippen LogP contribution >= 0.6 is 0 Å². The van der Waals surface area contributed by atoms with Gasteiger partial charge in [0.05, 0.1) is 23.7 Å². The van der Waals surface area contributed by atoms with Crippen molar-refractivity contribution in [2.45, 2.75) is 6.42 Å². The van der Waals surface area contributed by atoms with Crippen LogP contribution in [0.1, 0.15) is 16.1 Å². The molecule has 0 aromatic carbocycles. The van der Waals surface area contributed by atoms with E-state index in [9.17, 15) is 9.18 Å². The van der Waals surface area contributed by atoms with Gasteiger partial charge in [-0.05, 0) is 6.07 Å². The van der Waals surface area contributed by atoms with Crippen LogP contribution in [0.15, 0.2) is 12.3 Å². The molecule has 0 saturated heterocycles. The molecule has 0 bridgehead atoms. The predicted octanol–water partition coefficient (Wildman–Crippen LogP) is 1.30. The molecule has 1 heterocycles. The van der Waals surface area contributed by atoms with Gasteiger partial charge in [0.25, 0.3) is 0 Å². The number of carbonyl (C=O) groups is 1. The Morgan fingerprint density at radius 2 is 2.46 bits per heavy atom. The lowest BCUT2D eigenvalue weighted by molar-refractivity contribution is 0.104. The van der Waals surface area contributed by atoms with E-state index in [0.717, 1.165) is 0 Å². The van der Waals surface area contributed by atoms with Crippen molar-refractivity contribution in [1.82, 2.24) is 4.98 Å². The Bertz CT molecular complexity index is 382. The minimum atomic E-state index is -0.746. The van der Waals surface area contributed by atoms with Crippen molar-refractivity contribution >= 4 is 5.78 Å². The molecule has 1 aromatic rings. The number of carbonyl (C=O) groups excluding carboxylic acids is 1. The number of hydrogen-bond donors (Lipinski definition) is 0. The first kappa shape index (κ1) is 9.33. The number of nitriles is 1. The molecular weight excluding hydrogens is 171 g/mol. The molecule has 0 aliphatic heterocycles. The monoisotopic (exact) mass is 177 g/mol. The summed E-state index contributed by atoms with van der Waals surface area (Å²) in [6.07, 6.45) is 1.14. The van der Waals surface area contributed by atoms with Crippen LogP contribution in [0.2, 0.25) is 0 Å². The van der Waals surface area contributed by atoms with Crippen LogP contribution in [0, 0.1) is 24.1 Å². The van der Waals surface area contributed by atoms with Crippen molar-refractivity contribution in [3.8, 4) is 6.07 Å². The summed E-state index contributed by atoms with van der Waals surface area (Å²) in [6, 6.07) is 3.00. The van der Waals surface area contributed by atoms with Gasteiger partial charge in [0.1, 0.15) is 0 Å². The summed E-state index contributed by atoms with van der Waals surface area (Å²) in [5, 5.41) is 8.32. The van der Waals surface area contributed by atoms with E-state index in [1.165, 1.54) is 12.3 Å². The van der Waals surface area contributed by atoms with Gasteiger partial charge < -0.3 is 0 Å². The fourth-order valence-electron chi connectivity index (χ4n) is 0.901. The number of rotatable bonds is 2. The van der Waals surface area contributed by atoms with Crippen molar-refractivity contribution in [2.24, 2.45) is 0 Å². The molecule has 0 spiro atoms. The smallest absolute Gasteiger partial charge is 0.166 e. The van der Waals surface area contributed by atoms with Gasteiger partial charge in [-0.2, -0.15) is 5.26 Å². The van der Waals surface area contributed by atoms with Gasteiger partial charge >= 0.3 is 0 Å². The summed E-state index contributed by atoms with van der Waals surface area (Å²) >= 11 is 0. The standard InChI is InChI=1S/C9H6FN2O/c1-6(13)7-3-5-12-8(2-4-11)9(7)10/h3,5H,1-2H2. The Balaban J connectivity index is 3.20. The molecule has 3 nitrogen and oxygen atoms in total. The highest BCUT2D eigenvalue weighted by molar-refractivity contribution is 5.99. The number of Topliss-reactive ketones (excluding diaryl/α,β-unsaturated/α-hetero) is 1. The van der Waals surface area contributed by atoms with E-state index in [4.69, 9.17) is 5.26 Å². The maximum Gasteiger partial charge on any atom is 0.166 e. The second-order valence-electron chi connectivity index (χ2n) is 2.38. The molecule has 1 radical (unpaired) electrons. The van der Waals surface area contributed by atoms with E-state index in [1.807, 2.05) is 0 Å². The zero-order valence-electron chi connectivity index (χ0n) is 6.75. The Labute approximate surface area is 74.8 Å². The summed E-state index contributed by atoms with van der Waals surface area (Å²) < 4.78 is 13.2. The van der Waals surface area contributed by atoms with Gasteiger partial charge in [-0.25, -0.2) is 4.39 Å². The molecule has 0 unspecified atom stereocenters. The summed E-state index contributed by atoms with van der Waals surface area (Å²) in [7, 11) is 0. The first-order chi connectivity index (χ1) is 6.16. The summed E-state index contributed by atoms with van der Waals surface area (Å²) in [5.41, 5.74) is -0.141. The molecular formula is C9H6FN2O. The molecule has 65 valence electrons. The summed E-state index contributed by atoms with van der Waals surface area (Å²) in [6.45, 7) is 3.08. The number of nitrogens with zero attached hydrogens (tertiary/aromatic N) is 2. The molecule has 4 heteroatoms. The molecule has 0 aliphatic rings. The second kappa shape index (κ2) is 3.76. The van der Waals surface area contributed by atoms with Gasteiger partial charge in [-0.3, -0.25) is 9.78 Å². The van der Waals surface area contributed by atoms with Crippen molar-refractivity contribution < 1.29 is 9.18 Å². The zero-order chi connectivity index (χ0) is 9.84. The lowest BCUT2D eigenvalue weighted by atomic mass is 10.1. The quantitative estimate of drug-likeness (QED) is 0.640. The van der Waals surface area contributed by atoms with Crippen LogP contribution in [0.4, 0.5) is 4.39 Å². The Hall–Kier alpha value is -1.76. The minimum absolute atomic E-state index is 0.0167. The number of halogens is 1. The normalized spacial score (nSPS) is 9.31. The summed E-state index contributed by atoms with van der Waals surface area (Å²) in [5.74, 6) is -1.36. The molecule has 1 rings (SSSR count). The first-order valence-electron chi connectivity index (χ1n) is 3.53. The van der Waals surface area contributed by atoms with Gasteiger partial charge in [0.15, 0.2) is 11.6 Å². The highest BCUT2D eigenvalue weighted by Gasteiger charge is 2.11. The average molecular weight is 177 g/mol. The van der Waals surface area contributed by atoms with E-state index in [-0.39, 0.29) is 17.7 Å². The molecule has 0 saturated carbocycles. The summed E-state index contributed by atoms with van der Waals surface area (Å²) in [4.78, 5) is 14.4. The Kier molecular flexibility index (Phi) is 2.70. The highest BCUT2D eigenvalue weighted by Crippen LogP contribution is 2.10. The highest BCUT2D eigenvalue weighted by atomic mass is 19.1. The largest absolute Gasteiger partial charge is 0.294 e. The van der Waals surface area contributed by atoms with E-state index in [1.54, 1.807) is 6.07 Å². The molecule has 0 N–H and O–H groups in total. The maximum absolute atomic E-state index is 13.2. The third-order valence-corrected chi connectivity index (χ3v) is 1.51. The van der Waals surface area contributed by atoms with Crippen LogP contribution in [-0.4, -0.2) is 10.8 Å². The van der Waals surface area contributed by atoms with Crippen molar-refractivity contribution in [3.63, 3.8) is 0 Å². The number of aromatic nitrogens is 1. The topological polar surface area (TPSA) is 53.8 Å². The van der Waals surface area contributed by atoms with Crippen LogP contribution in [-0.2, 0) is 6.42 Å². The van der Waals surface area contributed by atoms with Crippen molar-refractivity contribution in [2.75, 3.05) is 0 Å². The maximum atomic E-state index is 13.2. The Morgan fingerprint density at radius 3 is 3.00 bits per heavy atom. The lowest BCUT2D eigenvalue weighted by Crippen LogP contribution is -2.03. The van der Waals surface area contributed by atoms with Crippen molar-refractivity contribution in [1.29, 1.82) is 5.26 Å². The molecule has 0 fully saturated rings. The Morgan fingerprint density at radius 1 is 1.77 bits per heavy atom. The van der Waals surface area contributed by atoms with Crippen LogP contribution in [0.25, 0.3) is 0 Å². The number of pyridine rings is 1. The van der Waals surface area contributed by atoms with Crippen molar-refractivity contribution in [3.05, 3.63) is 36.3 Å². The molecule has 1 aromatic heterocycles. The molecule has 0 aliphatic carbocycles.